The van der Waals surface area contributed by atoms with Crippen LogP contribution in [0.2, 0.25) is 0 Å². The summed E-state index contributed by atoms with van der Waals surface area (Å²) in [7, 11) is 0. The molecule has 4 aromatic rings. The SMILES string of the molecule is CC(=O)c1ccc(C(=O)Oc2ccc3ccc(OC(=O)c4ccccc4)cc3c2)cc1. The highest BCUT2D eigenvalue weighted by atomic mass is 16.5. The minimum Gasteiger partial charge on any atom is -0.423 e. The van der Waals surface area contributed by atoms with E-state index in [4.69, 9.17) is 9.47 Å². The van der Waals surface area contributed by atoms with Gasteiger partial charge < -0.3 is 9.47 Å². The van der Waals surface area contributed by atoms with E-state index in [1.165, 1.54) is 6.92 Å². The maximum atomic E-state index is 12.4. The summed E-state index contributed by atoms with van der Waals surface area (Å²) in [5.74, 6) is -0.291. The Kier molecular flexibility index (Phi) is 5.58. The number of carbonyl (C=O) groups excluding carboxylic acids is 3. The molecule has 0 amide bonds. The van der Waals surface area contributed by atoms with Crippen LogP contribution in [0.5, 0.6) is 11.5 Å². The summed E-state index contributed by atoms with van der Waals surface area (Å²) < 4.78 is 10.9. The molecule has 0 saturated heterocycles. The van der Waals surface area contributed by atoms with Crippen molar-refractivity contribution in [3.05, 3.63) is 108 Å². The highest BCUT2D eigenvalue weighted by Gasteiger charge is 2.11. The Morgan fingerprint density at radius 2 is 1.03 bits per heavy atom. The lowest BCUT2D eigenvalue weighted by molar-refractivity contribution is 0.0726. The van der Waals surface area contributed by atoms with Gasteiger partial charge in [-0.1, -0.05) is 42.5 Å². The number of Topliss-reactive ketones (excluding diaryl/α,β-unsaturated/α-hetero) is 1. The largest absolute Gasteiger partial charge is 0.423 e. The zero-order valence-corrected chi connectivity index (χ0v) is 16.7. The first kappa shape index (κ1) is 20.0. The van der Waals surface area contributed by atoms with Crippen molar-refractivity contribution < 1.29 is 23.9 Å². The third-order valence-corrected chi connectivity index (χ3v) is 4.74. The van der Waals surface area contributed by atoms with Crippen molar-refractivity contribution >= 4 is 28.5 Å². The van der Waals surface area contributed by atoms with E-state index in [0.717, 1.165) is 10.8 Å². The number of benzene rings is 4. The van der Waals surface area contributed by atoms with E-state index in [0.29, 0.717) is 28.2 Å². The Labute approximate surface area is 178 Å². The van der Waals surface area contributed by atoms with Crippen LogP contribution in [-0.2, 0) is 0 Å². The normalized spacial score (nSPS) is 10.5. The molecular weight excluding hydrogens is 392 g/mol. The lowest BCUT2D eigenvalue weighted by atomic mass is 10.1. The lowest BCUT2D eigenvalue weighted by Crippen LogP contribution is -2.09. The summed E-state index contributed by atoms with van der Waals surface area (Å²) in [4.78, 5) is 36.1. The number of ether oxygens (including phenoxy) is 2. The maximum absolute atomic E-state index is 12.4. The van der Waals surface area contributed by atoms with E-state index in [9.17, 15) is 14.4 Å². The highest BCUT2D eigenvalue weighted by Crippen LogP contribution is 2.26. The zero-order chi connectivity index (χ0) is 21.8. The molecule has 0 atom stereocenters. The average Bonchev–Trinajstić information content (AvgIpc) is 2.79. The first-order valence-corrected chi connectivity index (χ1v) is 9.64. The molecule has 0 N–H and O–H groups in total. The van der Waals surface area contributed by atoms with E-state index in [1.807, 2.05) is 18.2 Å². The smallest absolute Gasteiger partial charge is 0.343 e. The number of hydrogen-bond donors (Lipinski definition) is 0. The first-order chi connectivity index (χ1) is 15.0. The van der Waals surface area contributed by atoms with Crippen LogP contribution in [0, 0.1) is 0 Å². The lowest BCUT2D eigenvalue weighted by Gasteiger charge is -2.08. The van der Waals surface area contributed by atoms with Crippen LogP contribution in [0.15, 0.2) is 91.0 Å². The zero-order valence-electron chi connectivity index (χ0n) is 16.7. The molecule has 0 heterocycles. The van der Waals surface area contributed by atoms with Crippen LogP contribution in [0.25, 0.3) is 10.8 Å². The fourth-order valence-corrected chi connectivity index (χ4v) is 3.08. The van der Waals surface area contributed by atoms with E-state index < -0.39 is 11.9 Å². The molecule has 0 fully saturated rings. The molecule has 5 heteroatoms. The van der Waals surface area contributed by atoms with E-state index >= 15 is 0 Å². The summed E-state index contributed by atoms with van der Waals surface area (Å²) in [6, 6.07) is 25.5. The van der Waals surface area contributed by atoms with E-state index in [-0.39, 0.29) is 5.78 Å². The second-order valence-corrected chi connectivity index (χ2v) is 6.95. The molecule has 4 aromatic carbocycles. The van der Waals surface area contributed by atoms with E-state index in [1.54, 1.807) is 72.8 Å². The molecule has 0 aromatic heterocycles. The number of ketones is 1. The minimum absolute atomic E-state index is 0.0711. The topological polar surface area (TPSA) is 69.7 Å². The molecule has 0 aliphatic carbocycles. The van der Waals surface area contributed by atoms with Crippen LogP contribution in [0.3, 0.4) is 0 Å². The molecule has 5 nitrogen and oxygen atoms in total. The predicted octanol–water partition coefficient (Wildman–Crippen LogP) is 5.48. The van der Waals surface area contributed by atoms with Crippen molar-refractivity contribution in [1.82, 2.24) is 0 Å². The second-order valence-electron chi connectivity index (χ2n) is 6.95. The fraction of sp³-hybridized carbons (Fsp3) is 0.0385. The van der Waals surface area contributed by atoms with Gasteiger partial charge in [0.1, 0.15) is 11.5 Å². The van der Waals surface area contributed by atoms with Crippen LogP contribution in [-0.4, -0.2) is 17.7 Å². The van der Waals surface area contributed by atoms with Crippen LogP contribution in [0.4, 0.5) is 0 Å². The van der Waals surface area contributed by atoms with Gasteiger partial charge in [0.25, 0.3) is 0 Å². The molecule has 4 rings (SSSR count). The van der Waals surface area contributed by atoms with Crippen LogP contribution < -0.4 is 9.47 Å². The van der Waals surface area contributed by atoms with Crippen molar-refractivity contribution in [3.63, 3.8) is 0 Å². The van der Waals surface area contributed by atoms with Gasteiger partial charge in [0.15, 0.2) is 5.78 Å². The van der Waals surface area contributed by atoms with Crippen molar-refractivity contribution in [2.24, 2.45) is 0 Å². The Hall–Kier alpha value is -4.25. The van der Waals surface area contributed by atoms with Gasteiger partial charge in [-0.25, -0.2) is 9.59 Å². The molecule has 0 bridgehead atoms. The highest BCUT2D eigenvalue weighted by molar-refractivity contribution is 5.97. The summed E-state index contributed by atoms with van der Waals surface area (Å²) in [5, 5.41) is 1.67. The molecule has 0 spiro atoms. The molecule has 0 aliphatic heterocycles. The van der Waals surface area contributed by atoms with E-state index in [2.05, 4.69) is 0 Å². The van der Waals surface area contributed by atoms with Crippen molar-refractivity contribution in [2.75, 3.05) is 0 Å². The van der Waals surface area contributed by atoms with Gasteiger partial charge >= 0.3 is 11.9 Å². The van der Waals surface area contributed by atoms with Gasteiger partial charge in [-0.2, -0.15) is 0 Å². The molecule has 0 aliphatic rings. The molecule has 0 saturated carbocycles. The number of fused-ring (bicyclic) bond motifs is 1. The summed E-state index contributed by atoms with van der Waals surface area (Å²) >= 11 is 0. The van der Waals surface area contributed by atoms with Gasteiger partial charge in [0.05, 0.1) is 11.1 Å². The van der Waals surface area contributed by atoms with Crippen molar-refractivity contribution in [2.45, 2.75) is 6.92 Å². The van der Waals surface area contributed by atoms with Crippen molar-refractivity contribution in [3.8, 4) is 11.5 Å². The third-order valence-electron chi connectivity index (χ3n) is 4.74. The first-order valence-electron chi connectivity index (χ1n) is 9.64. The minimum atomic E-state index is -0.527. The maximum Gasteiger partial charge on any atom is 0.343 e. The van der Waals surface area contributed by atoms with Gasteiger partial charge in [-0.3, -0.25) is 4.79 Å². The quantitative estimate of drug-likeness (QED) is 0.247. The van der Waals surface area contributed by atoms with Crippen LogP contribution >= 0.6 is 0 Å². The summed E-state index contributed by atoms with van der Waals surface area (Å²) in [6.07, 6.45) is 0. The Morgan fingerprint density at radius 1 is 0.548 bits per heavy atom. The molecule has 0 radical (unpaired) electrons. The van der Waals surface area contributed by atoms with Gasteiger partial charge in [0, 0.05) is 5.56 Å². The van der Waals surface area contributed by atoms with Gasteiger partial charge in [-0.05, 0) is 66.2 Å². The average molecular weight is 410 g/mol. The number of esters is 2. The Bertz CT molecular complexity index is 1270. The third kappa shape index (κ3) is 4.67. The molecule has 31 heavy (non-hydrogen) atoms. The number of carbonyl (C=O) groups is 3. The summed E-state index contributed by atoms with van der Waals surface area (Å²) in [6.45, 7) is 1.47. The van der Waals surface area contributed by atoms with Crippen LogP contribution in [0.1, 0.15) is 38.0 Å². The van der Waals surface area contributed by atoms with Gasteiger partial charge in [-0.15, -0.1) is 0 Å². The molecular formula is C26H18O5. The Balaban J connectivity index is 1.52. The standard InChI is InChI=1S/C26H18O5/c1-17(27)18-7-9-21(10-8-18)26(29)31-24-14-12-19-11-13-23(15-22(19)16-24)30-25(28)20-5-3-2-4-6-20/h2-16H,1H3. The molecule has 0 unspecified atom stereocenters. The Morgan fingerprint density at radius 3 is 1.55 bits per heavy atom. The van der Waals surface area contributed by atoms with Gasteiger partial charge in [0.2, 0.25) is 0 Å². The second kappa shape index (κ2) is 8.63. The number of hydrogen-bond acceptors (Lipinski definition) is 5. The number of rotatable bonds is 5. The monoisotopic (exact) mass is 410 g/mol. The fourth-order valence-electron chi connectivity index (χ4n) is 3.08. The predicted molar refractivity (Wildman–Crippen MR) is 117 cm³/mol. The van der Waals surface area contributed by atoms with Crippen molar-refractivity contribution in [1.29, 1.82) is 0 Å². The summed E-state index contributed by atoms with van der Waals surface area (Å²) in [5.41, 5.74) is 1.33. The molecule has 152 valence electrons.